The summed E-state index contributed by atoms with van der Waals surface area (Å²) in [5.74, 6) is -0.156. The molecule has 9 nitrogen and oxygen atoms in total. The summed E-state index contributed by atoms with van der Waals surface area (Å²) >= 11 is 3.10. The summed E-state index contributed by atoms with van der Waals surface area (Å²) in [7, 11) is 0. The molecule has 0 aromatic carbocycles. The number of aromatic nitrogens is 2. The number of aromatic amines is 1. The SMILES string of the molecule is CC(Br)Oc1cn([C@@H]2O[C@H](CO)[C@@H](O)[C@H]2O)c(=O)[nH]c1=O. The number of H-pyrrole nitrogens is 1. The molecular weight excluding hydrogens is 352 g/mol. The molecule has 1 aromatic heterocycles. The molecule has 0 aliphatic carbocycles. The Hall–Kier alpha value is -1.20. The third-order valence-electron chi connectivity index (χ3n) is 3.02. The fourth-order valence-corrected chi connectivity index (χ4v) is 2.23. The normalized spacial score (nSPS) is 30.3. The maximum absolute atomic E-state index is 11.8. The van der Waals surface area contributed by atoms with Crippen LogP contribution in [0, 0.1) is 0 Å². The van der Waals surface area contributed by atoms with E-state index in [2.05, 4.69) is 15.9 Å². The molecule has 10 heteroatoms. The van der Waals surface area contributed by atoms with Gasteiger partial charge in [-0.1, -0.05) is 0 Å². The van der Waals surface area contributed by atoms with Gasteiger partial charge in [-0.25, -0.2) is 4.79 Å². The maximum Gasteiger partial charge on any atom is 0.330 e. The maximum atomic E-state index is 11.8. The molecule has 0 spiro atoms. The molecule has 1 saturated heterocycles. The van der Waals surface area contributed by atoms with Crippen molar-refractivity contribution < 1.29 is 24.8 Å². The molecule has 118 valence electrons. The molecule has 1 aliphatic rings. The highest BCUT2D eigenvalue weighted by Gasteiger charge is 2.43. The van der Waals surface area contributed by atoms with Crippen LogP contribution in [0.25, 0.3) is 0 Å². The van der Waals surface area contributed by atoms with Crippen LogP contribution in [-0.4, -0.2) is 54.8 Å². The second-order valence-electron chi connectivity index (χ2n) is 4.55. The Morgan fingerprint density at radius 3 is 2.67 bits per heavy atom. The minimum atomic E-state index is -1.43. The zero-order valence-corrected chi connectivity index (χ0v) is 12.6. The molecular formula is C11H15BrN2O7. The number of halogens is 1. The smallest absolute Gasteiger partial charge is 0.330 e. The van der Waals surface area contributed by atoms with E-state index < -0.39 is 47.4 Å². The van der Waals surface area contributed by atoms with E-state index in [-0.39, 0.29) is 5.75 Å². The zero-order valence-electron chi connectivity index (χ0n) is 11.0. The molecule has 2 heterocycles. The van der Waals surface area contributed by atoms with Gasteiger partial charge in [0.2, 0.25) is 5.75 Å². The lowest BCUT2D eigenvalue weighted by Crippen LogP contribution is -2.38. The number of ether oxygens (including phenoxy) is 2. The van der Waals surface area contributed by atoms with Gasteiger partial charge >= 0.3 is 5.69 Å². The van der Waals surface area contributed by atoms with Crippen LogP contribution in [0.5, 0.6) is 5.75 Å². The van der Waals surface area contributed by atoms with Crippen LogP contribution in [0.1, 0.15) is 13.2 Å². The Morgan fingerprint density at radius 1 is 1.48 bits per heavy atom. The molecule has 4 N–H and O–H groups in total. The van der Waals surface area contributed by atoms with Crippen molar-refractivity contribution in [2.75, 3.05) is 6.61 Å². The van der Waals surface area contributed by atoms with Gasteiger partial charge in [0.25, 0.3) is 5.56 Å². The molecule has 2 rings (SSSR count). The Morgan fingerprint density at radius 2 is 2.14 bits per heavy atom. The Balaban J connectivity index is 2.40. The van der Waals surface area contributed by atoms with Gasteiger partial charge in [-0.15, -0.1) is 0 Å². The largest absolute Gasteiger partial charge is 0.472 e. The lowest BCUT2D eigenvalue weighted by atomic mass is 10.1. The van der Waals surface area contributed by atoms with Gasteiger partial charge in [0.1, 0.15) is 18.3 Å². The molecule has 1 unspecified atom stereocenters. The van der Waals surface area contributed by atoms with Crippen LogP contribution in [-0.2, 0) is 4.74 Å². The van der Waals surface area contributed by atoms with E-state index in [4.69, 9.17) is 14.6 Å². The predicted octanol–water partition coefficient (Wildman–Crippen LogP) is -1.73. The number of alkyl halides is 1. The summed E-state index contributed by atoms with van der Waals surface area (Å²) in [6.07, 6.45) is -3.96. The van der Waals surface area contributed by atoms with E-state index in [9.17, 15) is 19.8 Å². The second-order valence-corrected chi connectivity index (χ2v) is 5.84. The number of nitrogens with zero attached hydrogens (tertiary/aromatic N) is 1. The van der Waals surface area contributed by atoms with Crippen LogP contribution in [0.4, 0.5) is 0 Å². The van der Waals surface area contributed by atoms with Crippen LogP contribution in [0.15, 0.2) is 15.8 Å². The van der Waals surface area contributed by atoms with Crippen molar-refractivity contribution in [3.8, 4) is 5.75 Å². The van der Waals surface area contributed by atoms with Gasteiger partial charge in [0.15, 0.2) is 11.2 Å². The third-order valence-corrected chi connectivity index (χ3v) is 3.20. The van der Waals surface area contributed by atoms with Crippen molar-refractivity contribution in [3.63, 3.8) is 0 Å². The Bertz CT molecular complexity index is 613. The first kappa shape index (κ1) is 16.2. The Kier molecular flexibility index (Phi) is 4.84. The van der Waals surface area contributed by atoms with Crippen molar-refractivity contribution in [3.05, 3.63) is 27.0 Å². The monoisotopic (exact) mass is 366 g/mol. The van der Waals surface area contributed by atoms with Gasteiger partial charge in [0, 0.05) is 0 Å². The molecule has 1 aliphatic heterocycles. The van der Waals surface area contributed by atoms with Gasteiger partial charge in [-0.3, -0.25) is 14.3 Å². The minimum Gasteiger partial charge on any atom is -0.472 e. The molecule has 0 radical (unpaired) electrons. The summed E-state index contributed by atoms with van der Waals surface area (Å²) < 4.78 is 11.3. The van der Waals surface area contributed by atoms with Gasteiger partial charge in [0.05, 0.1) is 12.8 Å². The third kappa shape index (κ3) is 3.19. The first-order chi connectivity index (χ1) is 9.85. The highest BCUT2D eigenvalue weighted by Crippen LogP contribution is 2.28. The Labute approximate surface area is 126 Å². The highest BCUT2D eigenvalue weighted by molar-refractivity contribution is 9.09. The van der Waals surface area contributed by atoms with E-state index in [1.807, 2.05) is 4.98 Å². The summed E-state index contributed by atoms with van der Waals surface area (Å²) in [6, 6.07) is 0. The highest BCUT2D eigenvalue weighted by atomic mass is 79.9. The fourth-order valence-electron chi connectivity index (χ4n) is 2.02. The number of aliphatic hydroxyl groups is 3. The van der Waals surface area contributed by atoms with Gasteiger partial charge in [-0.05, 0) is 22.9 Å². The number of hydrogen-bond acceptors (Lipinski definition) is 7. The fraction of sp³-hybridized carbons (Fsp3) is 0.636. The number of hydrogen-bond donors (Lipinski definition) is 4. The van der Waals surface area contributed by atoms with Crippen LogP contribution in [0.2, 0.25) is 0 Å². The van der Waals surface area contributed by atoms with E-state index >= 15 is 0 Å². The van der Waals surface area contributed by atoms with Crippen LogP contribution >= 0.6 is 15.9 Å². The average Bonchev–Trinajstić information content (AvgIpc) is 2.69. The van der Waals surface area contributed by atoms with E-state index in [1.165, 1.54) is 0 Å². The van der Waals surface area contributed by atoms with Crippen LogP contribution < -0.4 is 16.0 Å². The minimum absolute atomic E-state index is 0.156. The molecule has 0 amide bonds. The first-order valence-electron chi connectivity index (χ1n) is 6.13. The lowest BCUT2D eigenvalue weighted by molar-refractivity contribution is -0.0553. The molecule has 0 saturated carbocycles. The summed E-state index contributed by atoms with van der Waals surface area (Å²) in [5, 5.41) is 28.1. The topological polar surface area (TPSA) is 134 Å². The standard InChI is InChI=1S/C11H15BrN2O7/c1-4(12)20-5-2-14(11(19)13-9(5)18)10-8(17)7(16)6(3-15)21-10/h2,4,6-8,10,15-17H,3H2,1H3,(H,13,18,19)/t4?,6-,7-,8-,10-/m1/s1. The second kappa shape index (κ2) is 6.28. The summed E-state index contributed by atoms with van der Waals surface area (Å²) in [5.41, 5.74) is -1.56. The summed E-state index contributed by atoms with van der Waals surface area (Å²) in [4.78, 5) is 25.4. The van der Waals surface area contributed by atoms with Gasteiger partial charge in [-0.2, -0.15) is 0 Å². The predicted molar refractivity (Wildman–Crippen MR) is 73.3 cm³/mol. The number of aliphatic hydroxyl groups excluding tert-OH is 3. The number of rotatable bonds is 4. The van der Waals surface area contributed by atoms with Crippen molar-refractivity contribution in [2.24, 2.45) is 0 Å². The van der Waals surface area contributed by atoms with Crippen molar-refractivity contribution in [1.29, 1.82) is 0 Å². The average molecular weight is 367 g/mol. The van der Waals surface area contributed by atoms with E-state index in [0.29, 0.717) is 0 Å². The van der Waals surface area contributed by atoms with Crippen molar-refractivity contribution in [1.82, 2.24) is 9.55 Å². The van der Waals surface area contributed by atoms with Crippen LogP contribution in [0.3, 0.4) is 0 Å². The first-order valence-corrected chi connectivity index (χ1v) is 7.05. The molecule has 0 bridgehead atoms. The quantitative estimate of drug-likeness (QED) is 0.465. The van der Waals surface area contributed by atoms with Crippen molar-refractivity contribution >= 4 is 15.9 Å². The molecule has 1 aromatic rings. The zero-order chi connectivity index (χ0) is 15.7. The van der Waals surface area contributed by atoms with E-state index in [0.717, 1.165) is 10.8 Å². The lowest BCUT2D eigenvalue weighted by Gasteiger charge is -2.18. The van der Waals surface area contributed by atoms with Crippen molar-refractivity contribution in [2.45, 2.75) is 36.5 Å². The summed E-state index contributed by atoms with van der Waals surface area (Å²) in [6.45, 7) is 1.11. The van der Waals surface area contributed by atoms with E-state index in [1.54, 1.807) is 6.92 Å². The molecule has 1 fully saturated rings. The number of nitrogens with one attached hydrogen (secondary N) is 1. The molecule has 5 atom stereocenters. The van der Waals surface area contributed by atoms with Gasteiger partial charge < -0.3 is 24.8 Å². The molecule has 21 heavy (non-hydrogen) atoms.